The topological polar surface area (TPSA) is 85.2 Å². The van der Waals surface area contributed by atoms with Gasteiger partial charge < -0.3 is 15.0 Å². The Bertz CT molecular complexity index is 1070. The molecule has 0 aliphatic carbocycles. The molecule has 1 aliphatic heterocycles. The molecule has 4 rings (SSSR count). The summed E-state index contributed by atoms with van der Waals surface area (Å²) >= 11 is 0. The van der Waals surface area contributed by atoms with Crippen LogP contribution < -0.4 is 15.0 Å². The van der Waals surface area contributed by atoms with Crippen LogP contribution in [0.2, 0.25) is 0 Å². The van der Waals surface area contributed by atoms with E-state index in [1.807, 2.05) is 35.0 Å². The first-order valence-electron chi connectivity index (χ1n) is 12.1. The van der Waals surface area contributed by atoms with Gasteiger partial charge in [-0.1, -0.05) is 26.0 Å². The zero-order valence-electron chi connectivity index (χ0n) is 20.3. The number of nitrogens with zero attached hydrogens (tertiary/aromatic N) is 5. The van der Waals surface area contributed by atoms with Gasteiger partial charge in [0.05, 0.1) is 12.8 Å². The van der Waals surface area contributed by atoms with Crippen molar-refractivity contribution in [3.8, 4) is 11.7 Å². The molecule has 1 atom stereocenters. The molecule has 180 valence electrons. The number of anilines is 1. The molecule has 1 saturated heterocycles. The smallest absolute Gasteiger partial charge is 0.237 e. The summed E-state index contributed by atoms with van der Waals surface area (Å²) in [6, 6.07) is 10.2. The lowest BCUT2D eigenvalue weighted by molar-refractivity contribution is -0.121. The second-order valence-corrected chi connectivity index (χ2v) is 9.07. The third kappa shape index (κ3) is 5.92. The normalized spacial score (nSPS) is 16.0. The number of hydrogen-bond donors (Lipinski definition) is 1. The van der Waals surface area contributed by atoms with E-state index >= 15 is 0 Å². The van der Waals surface area contributed by atoms with Gasteiger partial charge in [0.1, 0.15) is 17.9 Å². The van der Waals surface area contributed by atoms with Gasteiger partial charge in [-0.25, -0.2) is 9.97 Å². The molecular weight excluding hydrogens is 428 g/mol. The molecule has 0 spiro atoms. The van der Waals surface area contributed by atoms with E-state index in [0.717, 1.165) is 49.5 Å². The number of imidazole rings is 1. The summed E-state index contributed by atoms with van der Waals surface area (Å²) in [4.78, 5) is 28.8. The number of ether oxygens (including phenoxy) is 1. The Morgan fingerprint density at radius 2 is 2.03 bits per heavy atom. The molecule has 3 heterocycles. The molecule has 2 aromatic heterocycles. The van der Waals surface area contributed by atoms with Crippen molar-refractivity contribution in [2.75, 3.05) is 25.1 Å². The van der Waals surface area contributed by atoms with Gasteiger partial charge in [-0.2, -0.15) is 4.98 Å². The molecule has 0 saturated carbocycles. The summed E-state index contributed by atoms with van der Waals surface area (Å²) in [5, 5.41) is 3.10. The lowest BCUT2D eigenvalue weighted by Crippen LogP contribution is -2.43. The zero-order chi connectivity index (χ0) is 23.9. The number of amides is 1. The van der Waals surface area contributed by atoms with Crippen molar-refractivity contribution in [1.29, 1.82) is 0 Å². The molecule has 8 nitrogen and oxygen atoms in total. The minimum absolute atomic E-state index is 0.0818. The Morgan fingerprint density at radius 3 is 2.74 bits per heavy atom. The molecule has 1 fully saturated rings. The van der Waals surface area contributed by atoms with Gasteiger partial charge >= 0.3 is 0 Å². The van der Waals surface area contributed by atoms with Gasteiger partial charge in [0, 0.05) is 44.0 Å². The fourth-order valence-electron chi connectivity index (χ4n) is 4.31. The Balaban J connectivity index is 1.42. The van der Waals surface area contributed by atoms with Gasteiger partial charge in [0.15, 0.2) is 0 Å². The van der Waals surface area contributed by atoms with E-state index in [1.165, 1.54) is 5.56 Å². The van der Waals surface area contributed by atoms with Crippen LogP contribution in [0, 0.1) is 0 Å². The summed E-state index contributed by atoms with van der Waals surface area (Å²) in [6.45, 7) is 5.77. The van der Waals surface area contributed by atoms with E-state index < -0.39 is 0 Å². The maximum atomic E-state index is 12.8. The Hall–Kier alpha value is -3.42. The van der Waals surface area contributed by atoms with Gasteiger partial charge in [0.25, 0.3) is 0 Å². The quantitative estimate of drug-likeness (QED) is 0.519. The molecule has 1 amide bonds. The maximum absolute atomic E-state index is 12.8. The van der Waals surface area contributed by atoms with Crippen molar-refractivity contribution >= 4 is 11.7 Å². The predicted molar refractivity (Wildman–Crippen MR) is 133 cm³/mol. The summed E-state index contributed by atoms with van der Waals surface area (Å²) in [5.41, 5.74) is 2.16. The summed E-state index contributed by atoms with van der Waals surface area (Å²) in [5.74, 6) is 2.70. The number of rotatable bonds is 9. The Kier molecular flexibility index (Phi) is 7.77. The zero-order valence-corrected chi connectivity index (χ0v) is 20.3. The third-order valence-corrected chi connectivity index (χ3v) is 6.28. The van der Waals surface area contributed by atoms with Crippen molar-refractivity contribution in [3.63, 3.8) is 0 Å². The van der Waals surface area contributed by atoms with Crippen molar-refractivity contribution in [3.05, 3.63) is 60.3 Å². The van der Waals surface area contributed by atoms with Crippen LogP contribution in [-0.2, 0) is 11.2 Å². The average molecular weight is 463 g/mol. The summed E-state index contributed by atoms with van der Waals surface area (Å²) < 4.78 is 7.04. The van der Waals surface area contributed by atoms with Crippen LogP contribution in [0.15, 0.2) is 49.1 Å². The molecular formula is C26H34N6O2. The fraction of sp³-hybridized carbons (Fsp3) is 0.462. The van der Waals surface area contributed by atoms with Gasteiger partial charge in [-0.05, 0) is 49.3 Å². The number of hydrogen-bond acceptors (Lipinski definition) is 6. The minimum atomic E-state index is 0.0818. The highest BCUT2D eigenvalue weighted by molar-refractivity contribution is 5.77. The minimum Gasteiger partial charge on any atom is -0.497 e. The van der Waals surface area contributed by atoms with Crippen molar-refractivity contribution in [2.24, 2.45) is 0 Å². The number of carbonyl (C=O) groups excluding carboxylic acids is 1. The van der Waals surface area contributed by atoms with Crippen LogP contribution in [-0.4, -0.2) is 51.7 Å². The van der Waals surface area contributed by atoms with Gasteiger partial charge in [0.2, 0.25) is 11.9 Å². The first kappa shape index (κ1) is 23.7. The Morgan fingerprint density at radius 1 is 1.21 bits per heavy atom. The van der Waals surface area contributed by atoms with Gasteiger partial charge in [-0.3, -0.25) is 9.36 Å². The monoisotopic (exact) mass is 462 g/mol. The molecule has 1 unspecified atom stereocenters. The van der Waals surface area contributed by atoms with E-state index in [-0.39, 0.29) is 17.9 Å². The van der Waals surface area contributed by atoms with Crippen molar-refractivity contribution < 1.29 is 9.53 Å². The molecule has 1 aliphatic rings. The highest BCUT2D eigenvalue weighted by Gasteiger charge is 2.27. The SMILES string of the molecule is COc1ccc(CCNC(=O)CC2CCCCN2c2cc(C(C)C)nc(-n3ccnc3)n2)cc1. The first-order chi connectivity index (χ1) is 16.5. The predicted octanol–water partition coefficient (Wildman–Crippen LogP) is 3.90. The van der Waals surface area contributed by atoms with Crippen molar-refractivity contribution in [1.82, 2.24) is 24.8 Å². The Labute approximate surface area is 201 Å². The van der Waals surface area contributed by atoms with E-state index in [2.05, 4.69) is 35.1 Å². The molecule has 0 bridgehead atoms. The number of methoxy groups -OCH3 is 1. The van der Waals surface area contributed by atoms with E-state index in [1.54, 1.807) is 19.6 Å². The standard InChI is InChI=1S/C26H34N6O2/c1-19(2)23-17-24(30-26(29-23)31-15-13-27-18-31)32-14-5-4-6-21(32)16-25(33)28-12-11-20-7-9-22(34-3)10-8-20/h7-10,13,15,17-19,21H,4-6,11-12,14,16H2,1-3H3,(H,28,33). The molecule has 0 radical (unpaired) electrons. The van der Waals surface area contributed by atoms with Crippen LogP contribution in [0.25, 0.3) is 5.95 Å². The fourth-order valence-corrected chi connectivity index (χ4v) is 4.31. The average Bonchev–Trinajstić information content (AvgIpc) is 3.40. The first-order valence-corrected chi connectivity index (χ1v) is 12.1. The van der Waals surface area contributed by atoms with E-state index in [4.69, 9.17) is 14.7 Å². The molecule has 1 aromatic carbocycles. The number of nitrogens with one attached hydrogen (secondary N) is 1. The second-order valence-electron chi connectivity index (χ2n) is 9.07. The highest BCUT2D eigenvalue weighted by atomic mass is 16.5. The maximum Gasteiger partial charge on any atom is 0.237 e. The second kappa shape index (κ2) is 11.1. The third-order valence-electron chi connectivity index (χ3n) is 6.28. The van der Waals surface area contributed by atoms with Gasteiger partial charge in [-0.15, -0.1) is 0 Å². The van der Waals surface area contributed by atoms with E-state index in [0.29, 0.717) is 18.9 Å². The number of carbonyl (C=O) groups is 1. The van der Waals surface area contributed by atoms with E-state index in [9.17, 15) is 4.79 Å². The van der Waals surface area contributed by atoms with Crippen molar-refractivity contribution in [2.45, 2.75) is 57.9 Å². The molecule has 1 N–H and O–H groups in total. The largest absolute Gasteiger partial charge is 0.497 e. The molecule has 8 heteroatoms. The van der Waals surface area contributed by atoms with Crippen LogP contribution in [0.5, 0.6) is 5.75 Å². The number of aromatic nitrogens is 4. The van der Waals surface area contributed by atoms with Crippen LogP contribution in [0.1, 0.15) is 56.7 Å². The molecule has 3 aromatic rings. The van der Waals surface area contributed by atoms with Crippen LogP contribution in [0.4, 0.5) is 5.82 Å². The van der Waals surface area contributed by atoms with Crippen LogP contribution in [0.3, 0.4) is 0 Å². The lowest BCUT2D eigenvalue weighted by Gasteiger charge is -2.36. The lowest BCUT2D eigenvalue weighted by atomic mass is 9.98. The number of benzene rings is 1. The molecule has 34 heavy (non-hydrogen) atoms. The number of piperidine rings is 1. The summed E-state index contributed by atoms with van der Waals surface area (Å²) in [6.07, 6.45) is 9.75. The van der Waals surface area contributed by atoms with Crippen LogP contribution >= 0.6 is 0 Å². The summed E-state index contributed by atoms with van der Waals surface area (Å²) in [7, 11) is 1.66. The highest BCUT2D eigenvalue weighted by Crippen LogP contribution is 2.28.